The van der Waals surface area contributed by atoms with Crippen LogP contribution in [-0.4, -0.2) is 30.4 Å². The van der Waals surface area contributed by atoms with Crippen LogP contribution >= 0.6 is 0 Å². The lowest BCUT2D eigenvalue weighted by Gasteiger charge is -2.07. The molecule has 1 aromatic heterocycles. The second-order valence-electron chi connectivity index (χ2n) is 3.24. The minimum absolute atomic E-state index is 0.00690. The molecule has 2 amide bonds. The predicted octanol–water partition coefficient (Wildman–Crippen LogP) is -0.132. The molecule has 0 spiro atoms. The molecule has 4 N–H and O–H groups in total. The first kappa shape index (κ1) is 12.9. The lowest BCUT2D eigenvalue weighted by molar-refractivity contribution is -0.117. The van der Waals surface area contributed by atoms with Gasteiger partial charge in [0.15, 0.2) is 11.6 Å². The molecule has 1 heterocycles. The Labute approximate surface area is 97.4 Å². The maximum Gasteiger partial charge on any atom is 0.254 e. The number of nitrogens with two attached hydrogens (primary N) is 1. The average molecular weight is 240 g/mol. The van der Waals surface area contributed by atoms with Crippen molar-refractivity contribution in [3.05, 3.63) is 23.6 Å². The van der Waals surface area contributed by atoms with Crippen LogP contribution in [0.5, 0.6) is 0 Å². The van der Waals surface area contributed by atoms with Crippen molar-refractivity contribution in [2.75, 3.05) is 18.9 Å². The number of pyridine rings is 1. The van der Waals surface area contributed by atoms with Crippen molar-refractivity contribution < 1.29 is 14.0 Å². The van der Waals surface area contributed by atoms with E-state index < -0.39 is 17.6 Å². The Morgan fingerprint density at radius 2 is 2.24 bits per heavy atom. The number of rotatable bonds is 5. The highest BCUT2D eigenvalue weighted by molar-refractivity contribution is 5.95. The lowest BCUT2D eigenvalue weighted by Crippen LogP contribution is -2.28. The van der Waals surface area contributed by atoms with Crippen molar-refractivity contribution in [2.24, 2.45) is 5.73 Å². The van der Waals surface area contributed by atoms with Gasteiger partial charge in [-0.3, -0.25) is 9.59 Å². The molecule has 6 nitrogen and oxygen atoms in total. The lowest BCUT2D eigenvalue weighted by atomic mass is 10.2. The average Bonchev–Trinajstić information content (AvgIpc) is 2.28. The molecule has 0 saturated heterocycles. The van der Waals surface area contributed by atoms with E-state index in [0.717, 1.165) is 0 Å². The molecule has 0 bridgehead atoms. The fourth-order valence-electron chi connectivity index (χ4n) is 1.19. The number of amides is 2. The van der Waals surface area contributed by atoms with Crippen LogP contribution in [0, 0.1) is 5.82 Å². The van der Waals surface area contributed by atoms with E-state index in [1.54, 1.807) is 0 Å². The Kier molecular flexibility index (Phi) is 4.38. The molecule has 1 aromatic rings. The smallest absolute Gasteiger partial charge is 0.254 e. The van der Waals surface area contributed by atoms with Gasteiger partial charge in [0.25, 0.3) is 5.91 Å². The second kappa shape index (κ2) is 5.78. The molecule has 92 valence electrons. The van der Waals surface area contributed by atoms with Crippen LogP contribution in [0.2, 0.25) is 0 Å². The summed E-state index contributed by atoms with van der Waals surface area (Å²) in [6, 6.07) is 1.26. The molecule has 0 aromatic carbocycles. The first-order chi connectivity index (χ1) is 8.06. The maximum absolute atomic E-state index is 13.6. The summed E-state index contributed by atoms with van der Waals surface area (Å²) in [5.41, 5.74) is 4.78. The summed E-state index contributed by atoms with van der Waals surface area (Å²) < 4.78 is 13.6. The van der Waals surface area contributed by atoms with Gasteiger partial charge in [0.2, 0.25) is 5.91 Å². The molecule has 17 heavy (non-hydrogen) atoms. The predicted molar refractivity (Wildman–Crippen MR) is 59.9 cm³/mol. The third-order valence-electron chi connectivity index (χ3n) is 2.03. The molecular weight excluding hydrogens is 227 g/mol. The molecular formula is C10H13FN4O2. The van der Waals surface area contributed by atoms with Crippen molar-refractivity contribution in [3.63, 3.8) is 0 Å². The van der Waals surface area contributed by atoms with Crippen molar-refractivity contribution in [1.29, 1.82) is 0 Å². The van der Waals surface area contributed by atoms with Crippen LogP contribution in [0.4, 0.5) is 10.2 Å². The van der Waals surface area contributed by atoms with E-state index in [-0.39, 0.29) is 24.3 Å². The number of aromatic nitrogens is 1. The Bertz CT molecular complexity index is 436. The minimum Gasteiger partial charge on any atom is -0.371 e. The van der Waals surface area contributed by atoms with E-state index in [4.69, 9.17) is 5.73 Å². The van der Waals surface area contributed by atoms with Crippen LogP contribution in [0.25, 0.3) is 0 Å². The van der Waals surface area contributed by atoms with Gasteiger partial charge in [-0.25, -0.2) is 9.37 Å². The Morgan fingerprint density at radius 1 is 1.53 bits per heavy atom. The van der Waals surface area contributed by atoms with E-state index >= 15 is 0 Å². The Balaban J connectivity index is 2.72. The van der Waals surface area contributed by atoms with Gasteiger partial charge in [0.05, 0.1) is 5.56 Å². The minimum atomic E-state index is -0.730. The first-order valence-corrected chi connectivity index (χ1v) is 4.95. The number of primary amides is 1. The molecule has 1 rings (SSSR count). The summed E-state index contributed by atoms with van der Waals surface area (Å²) in [5.74, 6) is -1.88. The zero-order chi connectivity index (χ0) is 12.8. The largest absolute Gasteiger partial charge is 0.371 e. The summed E-state index contributed by atoms with van der Waals surface area (Å²) in [5, 5.41) is 4.91. The highest BCUT2D eigenvalue weighted by Gasteiger charge is 2.14. The fraction of sp³-hybridized carbons (Fsp3) is 0.300. The first-order valence-electron chi connectivity index (χ1n) is 4.95. The topological polar surface area (TPSA) is 97.1 Å². The van der Waals surface area contributed by atoms with Gasteiger partial charge in [-0.05, 0) is 6.07 Å². The number of nitrogens with one attached hydrogen (secondary N) is 2. The quantitative estimate of drug-likeness (QED) is 0.667. The van der Waals surface area contributed by atoms with E-state index in [1.165, 1.54) is 19.3 Å². The Morgan fingerprint density at radius 3 is 2.82 bits per heavy atom. The fourth-order valence-corrected chi connectivity index (χ4v) is 1.19. The number of halogens is 1. The summed E-state index contributed by atoms with van der Waals surface area (Å²) in [7, 11) is 1.50. The highest BCUT2D eigenvalue weighted by Crippen LogP contribution is 2.13. The normalized spacial score (nSPS) is 9.76. The molecule has 0 aliphatic heterocycles. The zero-order valence-electron chi connectivity index (χ0n) is 9.29. The zero-order valence-corrected chi connectivity index (χ0v) is 9.29. The van der Waals surface area contributed by atoms with Gasteiger partial charge >= 0.3 is 0 Å². The molecule has 0 atom stereocenters. The monoisotopic (exact) mass is 240 g/mol. The molecule has 7 heteroatoms. The van der Waals surface area contributed by atoms with Crippen molar-refractivity contribution in [1.82, 2.24) is 10.3 Å². The van der Waals surface area contributed by atoms with Gasteiger partial charge in [0, 0.05) is 26.2 Å². The summed E-state index contributed by atoms with van der Waals surface area (Å²) in [6.07, 6.45) is 1.33. The van der Waals surface area contributed by atoms with Crippen LogP contribution in [0.1, 0.15) is 16.8 Å². The van der Waals surface area contributed by atoms with Gasteiger partial charge in [-0.15, -0.1) is 0 Å². The van der Waals surface area contributed by atoms with Gasteiger partial charge in [-0.2, -0.15) is 0 Å². The van der Waals surface area contributed by atoms with Crippen LogP contribution in [0.15, 0.2) is 12.3 Å². The van der Waals surface area contributed by atoms with Crippen LogP contribution in [0.3, 0.4) is 0 Å². The third-order valence-corrected chi connectivity index (χ3v) is 2.03. The third kappa shape index (κ3) is 3.40. The molecule has 0 radical (unpaired) electrons. The van der Waals surface area contributed by atoms with E-state index in [2.05, 4.69) is 15.6 Å². The van der Waals surface area contributed by atoms with E-state index in [1.807, 2.05) is 0 Å². The van der Waals surface area contributed by atoms with Crippen molar-refractivity contribution in [2.45, 2.75) is 6.42 Å². The van der Waals surface area contributed by atoms with Gasteiger partial charge in [-0.1, -0.05) is 0 Å². The molecule has 0 fully saturated rings. The molecule has 0 saturated carbocycles. The number of nitrogens with zero attached hydrogens (tertiary/aromatic N) is 1. The molecule has 0 aliphatic carbocycles. The van der Waals surface area contributed by atoms with Gasteiger partial charge < -0.3 is 16.4 Å². The molecule has 0 unspecified atom stereocenters. The SMILES string of the molecule is CNc1nccc(C(=O)NCCC(N)=O)c1F. The van der Waals surface area contributed by atoms with E-state index in [0.29, 0.717) is 0 Å². The molecule has 0 aliphatic rings. The number of carbonyl (C=O) groups is 2. The van der Waals surface area contributed by atoms with Crippen molar-refractivity contribution in [3.8, 4) is 0 Å². The van der Waals surface area contributed by atoms with Gasteiger partial charge in [0.1, 0.15) is 0 Å². The number of hydrogen-bond donors (Lipinski definition) is 3. The standard InChI is InChI=1S/C10H13FN4O2/c1-13-9-8(11)6(2-4-14-9)10(17)15-5-3-7(12)16/h2,4H,3,5H2,1H3,(H2,12,16)(H,13,14)(H,15,17). The maximum atomic E-state index is 13.6. The summed E-state index contributed by atoms with van der Waals surface area (Å²) >= 11 is 0. The van der Waals surface area contributed by atoms with Crippen LogP contribution in [-0.2, 0) is 4.79 Å². The number of hydrogen-bond acceptors (Lipinski definition) is 4. The second-order valence-corrected chi connectivity index (χ2v) is 3.24. The summed E-state index contributed by atoms with van der Waals surface area (Å²) in [4.78, 5) is 25.7. The number of anilines is 1. The highest BCUT2D eigenvalue weighted by atomic mass is 19.1. The summed E-state index contributed by atoms with van der Waals surface area (Å²) in [6.45, 7) is 0.0742. The Hall–Kier alpha value is -2.18. The van der Waals surface area contributed by atoms with Crippen LogP contribution < -0.4 is 16.4 Å². The van der Waals surface area contributed by atoms with Crippen molar-refractivity contribution >= 4 is 17.6 Å². The van der Waals surface area contributed by atoms with E-state index in [9.17, 15) is 14.0 Å². The number of carbonyl (C=O) groups excluding carboxylic acids is 2.